The van der Waals surface area contributed by atoms with Crippen molar-refractivity contribution in [2.24, 2.45) is 0 Å². The Kier molecular flexibility index (Phi) is 6.03. The zero-order valence-corrected chi connectivity index (χ0v) is 16.1. The van der Waals surface area contributed by atoms with E-state index in [2.05, 4.69) is 49.6 Å². The van der Waals surface area contributed by atoms with Gasteiger partial charge in [-0.25, -0.2) is 4.98 Å². The molecule has 0 radical (unpaired) electrons. The number of rotatable bonds is 7. The molecule has 0 spiro atoms. The minimum Gasteiger partial charge on any atom is -0.343 e. The Morgan fingerprint density at radius 2 is 2.12 bits per heavy atom. The summed E-state index contributed by atoms with van der Waals surface area (Å²) >= 11 is 7.67. The highest BCUT2D eigenvalue weighted by atomic mass is 35.5. The van der Waals surface area contributed by atoms with E-state index in [1.165, 1.54) is 11.3 Å². The van der Waals surface area contributed by atoms with Crippen LogP contribution in [0.4, 0.5) is 0 Å². The summed E-state index contributed by atoms with van der Waals surface area (Å²) in [6.07, 6.45) is 4.61. The van der Waals surface area contributed by atoms with E-state index < -0.39 is 0 Å². The van der Waals surface area contributed by atoms with Gasteiger partial charge in [-0.2, -0.15) is 0 Å². The molecule has 0 saturated heterocycles. The average Bonchev–Trinajstić information content (AvgIpc) is 3.11. The Labute approximate surface area is 153 Å². The Balaban J connectivity index is 2.55. The SMILES string of the molecule is C=C/C=C(\C(=C)Cl)c1nc(-c2cc(C(=C)C)c(C)n2CCC)cs1. The molecule has 0 N–H and O–H groups in total. The topological polar surface area (TPSA) is 17.8 Å². The number of thiazole rings is 1. The molecule has 2 rings (SSSR count). The lowest BCUT2D eigenvalue weighted by molar-refractivity contribution is 0.670. The summed E-state index contributed by atoms with van der Waals surface area (Å²) in [4.78, 5) is 4.78. The van der Waals surface area contributed by atoms with E-state index in [0.29, 0.717) is 5.03 Å². The normalized spacial score (nSPS) is 11.6. The lowest BCUT2D eigenvalue weighted by atomic mass is 10.1. The fourth-order valence-electron chi connectivity index (χ4n) is 2.71. The number of hydrogen-bond acceptors (Lipinski definition) is 2. The van der Waals surface area contributed by atoms with Gasteiger partial charge in [-0.05, 0) is 37.5 Å². The van der Waals surface area contributed by atoms with Crippen LogP contribution in [0, 0.1) is 6.92 Å². The number of hydrogen-bond donors (Lipinski definition) is 0. The molecule has 0 aliphatic rings. The van der Waals surface area contributed by atoms with Gasteiger partial charge in [0.1, 0.15) is 5.01 Å². The maximum Gasteiger partial charge on any atom is 0.125 e. The van der Waals surface area contributed by atoms with Crippen LogP contribution in [0.15, 0.2) is 48.4 Å². The minimum absolute atomic E-state index is 0.471. The zero-order chi connectivity index (χ0) is 17.9. The number of aromatic nitrogens is 2. The predicted octanol–water partition coefficient (Wildman–Crippen LogP) is 6.69. The van der Waals surface area contributed by atoms with Gasteiger partial charge in [0.15, 0.2) is 0 Å². The monoisotopic (exact) mass is 358 g/mol. The van der Waals surface area contributed by atoms with Crippen LogP contribution in [0.2, 0.25) is 0 Å². The van der Waals surface area contributed by atoms with Crippen molar-refractivity contribution in [1.82, 2.24) is 9.55 Å². The van der Waals surface area contributed by atoms with Crippen LogP contribution in [0.25, 0.3) is 22.5 Å². The summed E-state index contributed by atoms with van der Waals surface area (Å²) < 4.78 is 2.31. The van der Waals surface area contributed by atoms with Gasteiger partial charge in [0.25, 0.3) is 0 Å². The van der Waals surface area contributed by atoms with Crippen LogP contribution in [-0.4, -0.2) is 9.55 Å². The van der Waals surface area contributed by atoms with Crippen LogP contribution in [0.5, 0.6) is 0 Å². The van der Waals surface area contributed by atoms with Crippen molar-refractivity contribution >= 4 is 34.1 Å². The number of allylic oxidation sites excluding steroid dienone is 5. The summed E-state index contributed by atoms with van der Waals surface area (Å²) in [5.41, 5.74) is 6.38. The first-order valence-corrected chi connectivity index (χ1v) is 9.16. The highest BCUT2D eigenvalue weighted by Crippen LogP contribution is 2.34. The van der Waals surface area contributed by atoms with Crippen molar-refractivity contribution in [3.05, 3.63) is 64.6 Å². The van der Waals surface area contributed by atoms with Crippen LogP contribution in [0.3, 0.4) is 0 Å². The summed E-state index contributed by atoms with van der Waals surface area (Å²) in [5, 5.41) is 3.39. The van der Waals surface area contributed by atoms with E-state index in [9.17, 15) is 0 Å². The fraction of sp³-hybridized carbons (Fsp3) is 0.250. The highest BCUT2D eigenvalue weighted by Gasteiger charge is 2.17. The third-order valence-corrected chi connectivity index (χ3v) is 4.93. The van der Waals surface area contributed by atoms with E-state index in [4.69, 9.17) is 16.6 Å². The van der Waals surface area contributed by atoms with Crippen LogP contribution < -0.4 is 0 Å². The quantitative estimate of drug-likeness (QED) is 0.504. The molecule has 0 bridgehead atoms. The second-order valence-electron chi connectivity index (χ2n) is 5.72. The van der Waals surface area contributed by atoms with E-state index in [0.717, 1.165) is 40.5 Å². The third kappa shape index (κ3) is 3.63. The van der Waals surface area contributed by atoms with Gasteiger partial charge in [-0.15, -0.1) is 11.3 Å². The molecule has 2 nitrogen and oxygen atoms in total. The fourth-order valence-corrected chi connectivity index (χ4v) is 3.79. The third-order valence-electron chi connectivity index (χ3n) is 3.85. The van der Waals surface area contributed by atoms with Crippen molar-refractivity contribution < 1.29 is 0 Å². The summed E-state index contributed by atoms with van der Waals surface area (Å²) in [6, 6.07) is 2.18. The molecule has 0 atom stereocenters. The van der Waals surface area contributed by atoms with Crippen LogP contribution in [-0.2, 0) is 6.54 Å². The van der Waals surface area contributed by atoms with Crippen LogP contribution >= 0.6 is 22.9 Å². The molecule has 0 aromatic carbocycles. The van der Waals surface area contributed by atoms with Crippen molar-refractivity contribution in [3.8, 4) is 11.4 Å². The predicted molar refractivity (Wildman–Crippen MR) is 108 cm³/mol. The molecule has 4 heteroatoms. The van der Waals surface area contributed by atoms with Crippen LogP contribution in [0.1, 0.15) is 36.5 Å². The molecular weight excluding hydrogens is 336 g/mol. The van der Waals surface area contributed by atoms with Gasteiger partial charge in [-0.3, -0.25) is 0 Å². The molecule has 0 aliphatic carbocycles. The lowest BCUT2D eigenvalue weighted by Crippen LogP contribution is -2.02. The molecule has 0 fully saturated rings. The second kappa shape index (κ2) is 7.82. The Morgan fingerprint density at radius 1 is 1.42 bits per heavy atom. The second-order valence-corrected chi connectivity index (χ2v) is 7.03. The van der Waals surface area contributed by atoms with Gasteiger partial charge >= 0.3 is 0 Å². The van der Waals surface area contributed by atoms with Gasteiger partial charge in [0.2, 0.25) is 0 Å². The first-order valence-electron chi connectivity index (χ1n) is 7.90. The molecule has 126 valence electrons. The molecule has 2 aromatic rings. The average molecular weight is 359 g/mol. The van der Waals surface area contributed by atoms with E-state index in [1.807, 2.05) is 13.0 Å². The largest absolute Gasteiger partial charge is 0.343 e. The van der Waals surface area contributed by atoms with Crippen molar-refractivity contribution in [1.29, 1.82) is 0 Å². The van der Waals surface area contributed by atoms with Crippen molar-refractivity contribution in [2.75, 3.05) is 0 Å². The molecule has 0 unspecified atom stereocenters. The Bertz CT molecular complexity index is 821. The maximum atomic E-state index is 6.10. The number of halogens is 1. The summed E-state index contributed by atoms with van der Waals surface area (Å²) in [6.45, 7) is 19.0. The highest BCUT2D eigenvalue weighted by molar-refractivity contribution is 7.11. The van der Waals surface area contributed by atoms with Gasteiger partial charge in [-0.1, -0.05) is 50.4 Å². The zero-order valence-electron chi connectivity index (χ0n) is 14.5. The molecule has 0 saturated carbocycles. The maximum absolute atomic E-state index is 6.10. The molecule has 2 heterocycles. The number of nitrogens with zero attached hydrogens (tertiary/aromatic N) is 2. The minimum atomic E-state index is 0.471. The van der Waals surface area contributed by atoms with E-state index in [1.54, 1.807) is 17.4 Å². The first-order chi connectivity index (χ1) is 11.4. The molecule has 0 amide bonds. The lowest BCUT2D eigenvalue weighted by Gasteiger charge is -2.09. The van der Waals surface area contributed by atoms with Crippen molar-refractivity contribution in [2.45, 2.75) is 33.7 Å². The smallest absolute Gasteiger partial charge is 0.125 e. The van der Waals surface area contributed by atoms with E-state index in [-0.39, 0.29) is 0 Å². The summed E-state index contributed by atoms with van der Waals surface area (Å²) in [5.74, 6) is 0. The molecular formula is C20H23ClN2S. The summed E-state index contributed by atoms with van der Waals surface area (Å²) in [7, 11) is 0. The van der Waals surface area contributed by atoms with Gasteiger partial charge in [0, 0.05) is 28.2 Å². The van der Waals surface area contributed by atoms with Crippen molar-refractivity contribution in [3.63, 3.8) is 0 Å². The Hall–Kier alpha value is -1.84. The van der Waals surface area contributed by atoms with Gasteiger partial charge in [0.05, 0.1) is 11.4 Å². The molecule has 2 aromatic heterocycles. The van der Waals surface area contributed by atoms with Gasteiger partial charge < -0.3 is 4.57 Å². The standard InChI is InChI=1S/C20H23ClN2S/c1-7-9-16(14(5)21)20-22-18(12-24-20)19-11-17(13(3)4)15(6)23(19)10-8-2/h7,9,11-12H,1,3,5,8,10H2,2,4,6H3/b16-9+. The van der Waals surface area contributed by atoms with E-state index >= 15 is 0 Å². The first kappa shape index (κ1) is 18.5. The Morgan fingerprint density at radius 3 is 2.67 bits per heavy atom. The molecule has 0 aliphatic heterocycles. The molecule has 24 heavy (non-hydrogen) atoms.